The first-order valence-corrected chi connectivity index (χ1v) is 28.2. The molecule has 5 atom stereocenters. The second-order valence-electron chi connectivity index (χ2n) is 16.0. The average molecular weight is 1040 g/mol. The molecular formula is C47H90BrN2NaO8S4. The van der Waals surface area contributed by atoms with E-state index in [1.165, 1.54) is 25.7 Å². The molecule has 0 aliphatic carbocycles. The predicted octanol–water partition coefficient (Wildman–Crippen LogP) is 8.65. The summed E-state index contributed by atoms with van der Waals surface area (Å²) in [6, 6.07) is 0. The molecule has 0 aliphatic heterocycles. The quantitative estimate of drug-likeness (QED) is 0.0114. The Kier molecular flexibility index (Phi) is 55.1. The number of alkyl halides is 1. The fourth-order valence-corrected chi connectivity index (χ4v) is 8.87. The Morgan fingerprint density at radius 1 is 0.540 bits per heavy atom. The maximum absolute atomic E-state index is 12.8. The molecule has 0 heterocycles. The Labute approximate surface area is 435 Å². The molecule has 368 valence electrons. The third-order valence-corrected chi connectivity index (χ3v) is 13.8. The van der Waals surface area contributed by atoms with Crippen molar-refractivity contribution in [1.29, 1.82) is 0 Å². The Balaban J connectivity index is -0.000000453. The van der Waals surface area contributed by atoms with Crippen LogP contribution in [0.15, 0.2) is 0 Å². The van der Waals surface area contributed by atoms with E-state index in [9.17, 15) is 19.2 Å². The van der Waals surface area contributed by atoms with Crippen LogP contribution in [0.4, 0.5) is 0 Å². The van der Waals surface area contributed by atoms with E-state index in [1.54, 1.807) is 6.92 Å². The monoisotopic (exact) mass is 1040 g/mol. The molecular weight excluding hydrogens is 952 g/mol. The number of carbonyl (C=O) groups excluding carboxylic acids is 4. The number of hydrogen-bond acceptors (Lipinski definition) is 11. The van der Waals surface area contributed by atoms with E-state index in [1.807, 2.05) is 20.8 Å². The molecule has 0 aromatic rings. The summed E-state index contributed by atoms with van der Waals surface area (Å²) >= 11 is 19.1. The van der Waals surface area contributed by atoms with Crippen molar-refractivity contribution < 1.29 is 67.7 Å². The fraction of sp³-hybridized carbons (Fsp3) is 0.894. The zero-order valence-electron chi connectivity index (χ0n) is 41.8. The molecule has 0 spiro atoms. The van der Waals surface area contributed by atoms with Crippen LogP contribution in [0, 0.1) is 23.7 Å². The molecule has 0 N–H and O–H groups in total. The molecule has 0 bridgehead atoms. The van der Waals surface area contributed by atoms with Crippen molar-refractivity contribution in [3.63, 3.8) is 0 Å². The Bertz CT molecular complexity index is 1150. The molecule has 0 saturated heterocycles. The summed E-state index contributed by atoms with van der Waals surface area (Å²) in [5.41, 5.74) is 0. The fourth-order valence-electron chi connectivity index (χ4n) is 5.54. The maximum Gasteiger partial charge on any atom is 1.00 e. The molecule has 0 saturated carbocycles. The van der Waals surface area contributed by atoms with Crippen molar-refractivity contribution in [2.24, 2.45) is 23.7 Å². The summed E-state index contributed by atoms with van der Waals surface area (Å²) in [4.78, 5) is 50.9. The van der Waals surface area contributed by atoms with Crippen LogP contribution < -0.4 is 29.6 Å². The van der Waals surface area contributed by atoms with Crippen molar-refractivity contribution in [2.75, 3.05) is 63.7 Å². The third kappa shape index (κ3) is 40.8. The van der Waals surface area contributed by atoms with E-state index in [4.69, 9.17) is 55.0 Å². The molecule has 0 rings (SSSR count). The minimum absolute atomic E-state index is 0. The second-order valence-corrected chi connectivity index (χ2v) is 20.3. The number of nitrogens with zero attached hydrogens (tertiary/aromatic N) is 2. The van der Waals surface area contributed by atoms with Crippen LogP contribution in [0.25, 0.3) is 0 Å². The first-order chi connectivity index (χ1) is 29.7. The molecule has 0 aromatic carbocycles. The van der Waals surface area contributed by atoms with E-state index < -0.39 is 9.64 Å². The second kappa shape index (κ2) is 49.9. The maximum atomic E-state index is 12.8. The van der Waals surface area contributed by atoms with Gasteiger partial charge in [-0.3, -0.25) is 19.2 Å². The van der Waals surface area contributed by atoms with Gasteiger partial charge < -0.3 is 48.7 Å². The molecule has 16 heteroatoms. The zero-order chi connectivity index (χ0) is 47.6. The topological polar surface area (TPSA) is 112 Å². The Morgan fingerprint density at radius 3 is 1.16 bits per heavy atom. The first kappa shape index (κ1) is 69.6. The summed E-state index contributed by atoms with van der Waals surface area (Å²) in [5.74, 6) is -1.61. The van der Waals surface area contributed by atoms with Gasteiger partial charge in [0.25, 0.3) is 0 Å². The molecule has 10 nitrogen and oxygen atoms in total. The van der Waals surface area contributed by atoms with Crippen LogP contribution >= 0.6 is 28.1 Å². The number of carbonyl (C=O) groups is 4. The van der Waals surface area contributed by atoms with Gasteiger partial charge >= 0.3 is 53.4 Å². The van der Waals surface area contributed by atoms with Gasteiger partial charge in [0.2, 0.25) is 0 Å². The molecule has 5 unspecified atom stereocenters. The molecule has 63 heavy (non-hydrogen) atoms. The van der Waals surface area contributed by atoms with Gasteiger partial charge in [-0.1, -0.05) is 150 Å². The van der Waals surface area contributed by atoms with E-state index >= 15 is 0 Å². The van der Waals surface area contributed by atoms with Gasteiger partial charge in [0.05, 0.1) is 50.1 Å². The Morgan fingerprint density at radius 2 is 0.841 bits per heavy atom. The van der Waals surface area contributed by atoms with E-state index in [0.29, 0.717) is 54.7 Å². The summed E-state index contributed by atoms with van der Waals surface area (Å²) in [6.07, 6.45) is 17.6. The van der Waals surface area contributed by atoms with Crippen LogP contribution in [-0.4, -0.2) is 101 Å². The average Bonchev–Trinajstić information content (AvgIpc) is 3.25. The molecule has 0 aliphatic rings. The van der Waals surface area contributed by atoms with Crippen molar-refractivity contribution in [3.8, 4) is 0 Å². The van der Waals surface area contributed by atoms with E-state index in [2.05, 4.69) is 66.7 Å². The van der Waals surface area contributed by atoms with Crippen molar-refractivity contribution in [2.45, 2.75) is 185 Å². The van der Waals surface area contributed by atoms with Gasteiger partial charge in [-0.2, -0.15) is 0 Å². The van der Waals surface area contributed by atoms with Crippen LogP contribution in [0.2, 0.25) is 0 Å². The SMILES string of the molecule is CCCCN(CCCC)C(=S)[S-].CCCCOC(=O)C(C)CC(CBr)C(=O)OCCCC.CCCCOC(=O)C(C)CC(CS(=S)N(CCCC)CCCC)C(=O)OCCCC.[Na+]. The summed E-state index contributed by atoms with van der Waals surface area (Å²) in [6.45, 7) is 26.4. The van der Waals surface area contributed by atoms with E-state index in [-0.39, 0.29) is 77.1 Å². The standard InChI is InChI=1S/C23H45NO4S2.C15H27BrO4.C9H19NS2.Na/c1-6-10-14-24(15-11-7-2)30(29)19-21(23(26)28-17-13-9-4)18-20(5)22(25)27-16-12-8-3;1-4-6-8-19-14(17)12(3)10-13(11-16)15(18)20-9-7-5-2;1-3-5-7-10(9(11)12)8-6-4-2;/h20-21H,6-19H2,1-5H3;12-13H,4-11H2,1-3H3;3-8H2,1-2H3,(H,11,12);/q;;;+1/p-1. The first-order valence-electron chi connectivity index (χ1n) is 24.0. The summed E-state index contributed by atoms with van der Waals surface area (Å²) in [7, 11) is -0.441. The van der Waals surface area contributed by atoms with Gasteiger partial charge in [0, 0.05) is 37.3 Å². The van der Waals surface area contributed by atoms with Gasteiger partial charge in [-0.15, -0.1) is 0 Å². The van der Waals surface area contributed by atoms with Gasteiger partial charge in [-0.25, -0.2) is 4.31 Å². The number of esters is 4. The van der Waals surface area contributed by atoms with Gasteiger partial charge in [-0.05, 0) is 75.4 Å². The summed E-state index contributed by atoms with van der Waals surface area (Å²) in [5, 5.41) is 0.505. The van der Waals surface area contributed by atoms with Gasteiger partial charge in [0.15, 0.2) is 0 Å². The molecule has 0 fully saturated rings. The molecule has 0 radical (unpaired) electrons. The van der Waals surface area contributed by atoms with Crippen molar-refractivity contribution >= 4 is 89.8 Å². The van der Waals surface area contributed by atoms with Crippen LogP contribution in [0.5, 0.6) is 0 Å². The number of ether oxygens (including phenoxy) is 4. The van der Waals surface area contributed by atoms with Crippen LogP contribution in [0.3, 0.4) is 0 Å². The number of thiocarbonyl (C=S) groups is 1. The molecule has 0 amide bonds. The predicted molar refractivity (Wildman–Crippen MR) is 274 cm³/mol. The van der Waals surface area contributed by atoms with Crippen LogP contribution in [-0.2, 0) is 71.6 Å². The normalized spacial score (nSPS) is 13.0. The minimum Gasteiger partial charge on any atom is -0.465 e. The van der Waals surface area contributed by atoms with E-state index in [0.717, 1.165) is 103 Å². The summed E-state index contributed by atoms with van der Waals surface area (Å²) < 4.78 is 24.2. The largest absolute Gasteiger partial charge is 1.00 e. The number of unbranched alkanes of at least 4 members (excludes halogenated alkanes) is 8. The number of rotatable bonds is 36. The van der Waals surface area contributed by atoms with Crippen molar-refractivity contribution in [1.82, 2.24) is 9.21 Å². The zero-order valence-corrected chi connectivity index (χ0v) is 48.6. The minimum atomic E-state index is -0.441. The number of halogens is 1. The Hall–Kier alpha value is -0.000000000000000222. The smallest absolute Gasteiger partial charge is 0.465 e. The van der Waals surface area contributed by atoms with Crippen molar-refractivity contribution in [3.05, 3.63) is 0 Å². The van der Waals surface area contributed by atoms with Crippen LogP contribution in [0.1, 0.15) is 185 Å². The number of hydrogen-bond donors (Lipinski definition) is 0. The van der Waals surface area contributed by atoms with Gasteiger partial charge in [0.1, 0.15) is 0 Å². The molecule has 0 aromatic heterocycles. The third-order valence-electron chi connectivity index (χ3n) is 9.88.